The third-order valence-electron chi connectivity index (χ3n) is 5.99. The molecule has 2 aromatic carbocycles. The highest BCUT2D eigenvalue weighted by Crippen LogP contribution is 2.40. The van der Waals surface area contributed by atoms with Crippen molar-refractivity contribution in [1.29, 1.82) is 0 Å². The van der Waals surface area contributed by atoms with Crippen LogP contribution in [0.15, 0.2) is 54.6 Å². The highest BCUT2D eigenvalue weighted by molar-refractivity contribution is 5.87. The van der Waals surface area contributed by atoms with Crippen molar-refractivity contribution in [3.63, 3.8) is 0 Å². The molecule has 2 atom stereocenters. The van der Waals surface area contributed by atoms with E-state index in [-0.39, 0.29) is 24.4 Å². The molecule has 6 heteroatoms. The number of hydrogen-bond acceptors (Lipinski definition) is 5. The van der Waals surface area contributed by atoms with Crippen LogP contribution in [-0.2, 0) is 32.0 Å². The van der Waals surface area contributed by atoms with E-state index in [4.69, 9.17) is 9.47 Å². The Bertz CT molecular complexity index is 1060. The van der Waals surface area contributed by atoms with Gasteiger partial charge in [0.1, 0.15) is 6.04 Å². The first kappa shape index (κ1) is 21.1. The lowest BCUT2D eigenvalue weighted by molar-refractivity contribution is -0.151. The molecule has 3 aromatic rings. The highest BCUT2D eigenvalue weighted by atomic mass is 16.5. The predicted molar refractivity (Wildman–Crippen MR) is 118 cm³/mol. The van der Waals surface area contributed by atoms with Crippen LogP contribution in [0.25, 0.3) is 10.9 Å². The minimum atomic E-state index is -0.422. The number of hydrogen-bond donors (Lipinski definition) is 1. The van der Waals surface area contributed by atoms with Crippen LogP contribution in [-0.4, -0.2) is 41.6 Å². The van der Waals surface area contributed by atoms with Gasteiger partial charge < -0.3 is 14.5 Å². The quantitative estimate of drug-likeness (QED) is 0.582. The van der Waals surface area contributed by atoms with Gasteiger partial charge in [0.05, 0.1) is 19.8 Å². The number of para-hydroxylation sites is 1. The van der Waals surface area contributed by atoms with Gasteiger partial charge in [-0.1, -0.05) is 48.5 Å². The van der Waals surface area contributed by atoms with E-state index in [1.165, 1.54) is 7.11 Å². The molecule has 0 fully saturated rings. The summed E-state index contributed by atoms with van der Waals surface area (Å²) in [5, 5.41) is 1.12. The SMILES string of the molecule is CCOC(=O)[C@H]1Cc2c([nH]c3ccccc23)[C@@H](CCC(=O)OC)N1Cc1ccccc1. The van der Waals surface area contributed by atoms with Crippen LogP contribution in [0.1, 0.15) is 42.6 Å². The van der Waals surface area contributed by atoms with E-state index in [1.807, 2.05) is 43.3 Å². The number of esters is 2. The number of H-pyrrole nitrogens is 1. The molecular weight excluding hydrogens is 392 g/mol. The van der Waals surface area contributed by atoms with Crippen LogP contribution in [0.4, 0.5) is 0 Å². The van der Waals surface area contributed by atoms with Crippen molar-refractivity contribution >= 4 is 22.8 Å². The zero-order valence-electron chi connectivity index (χ0n) is 18.0. The number of fused-ring (bicyclic) bond motifs is 3. The van der Waals surface area contributed by atoms with Crippen molar-refractivity contribution in [2.24, 2.45) is 0 Å². The molecule has 1 aliphatic rings. The highest BCUT2D eigenvalue weighted by Gasteiger charge is 2.40. The monoisotopic (exact) mass is 420 g/mol. The van der Waals surface area contributed by atoms with Crippen LogP contribution in [0.5, 0.6) is 0 Å². The molecule has 1 aliphatic heterocycles. The molecule has 0 radical (unpaired) electrons. The van der Waals surface area contributed by atoms with Crippen LogP contribution in [0, 0.1) is 0 Å². The van der Waals surface area contributed by atoms with Crippen LogP contribution < -0.4 is 0 Å². The minimum absolute atomic E-state index is 0.134. The number of rotatable bonds is 7. The van der Waals surface area contributed by atoms with Gasteiger partial charge in [0.15, 0.2) is 0 Å². The lowest BCUT2D eigenvalue weighted by Crippen LogP contribution is -2.48. The molecule has 0 saturated heterocycles. The van der Waals surface area contributed by atoms with E-state index < -0.39 is 6.04 Å². The number of aromatic amines is 1. The third kappa shape index (κ3) is 4.35. The van der Waals surface area contributed by atoms with Gasteiger partial charge in [0, 0.05) is 36.0 Å². The van der Waals surface area contributed by atoms with Gasteiger partial charge in [0.25, 0.3) is 0 Å². The fourth-order valence-electron chi connectivity index (χ4n) is 4.56. The number of carbonyl (C=O) groups is 2. The van der Waals surface area contributed by atoms with Crippen molar-refractivity contribution in [2.75, 3.05) is 13.7 Å². The number of carbonyl (C=O) groups excluding carboxylic acids is 2. The zero-order chi connectivity index (χ0) is 21.8. The predicted octanol–water partition coefficient (Wildman–Crippen LogP) is 4.15. The third-order valence-corrected chi connectivity index (χ3v) is 5.99. The summed E-state index contributed by atoms with van der Waals surface area (Å²) in [6.45, 7) is 2.75. The van der Waals surface area contributed by atoms with Crippen molar-refractivity contribution in [2.45, 2.75) is 44.8 Å². The largest absolute Gasteiger partial charge is 0.469 e. The summed E-state index contributed by atoms with van der Waals surface area (Å²) < 4.78 is 10.4. The molecule has 1 aromatic heterocycles. The summed E-state index contributed by atoms with van der Waals surface area (Å²) in [7, 11) is 1.40. The van der Waals surface area contributed by atoms with E-state index in [2.05, 4.69) is 28.1 Å². The lowest BCUT2D eigenvalue weighted by Gasteiger charge is -2.41. The van der Waals surface area contributed by atoms with E-state index in [9.17, 15) is 9.59 Å². The first-order valence-electron chi connectivity index (χ1n) is 10.7. The molecule has 2 heterocycles. The number of methoxy groups -OCH3 is 1. The average Bonchev–Trinajstić information content (AvgIpc) is 3.17. The number of nitrogens with zero attached hydrogens (tertiary/aromatic N) is 1. The van der Waals surface area contributed by atoms with Gasteiger partial charge in [-0.15, -0.1) is 0 Å². The number of ether oxygens (including phenoxy) is 2. The molecule has 0 bridgehead atoms. The zero-order valence-corrected chi connectivity index (χ0v) is 18.0. The summed E-state index contributed by atoms with van der Waals surface area (Å²) in [5.74, 6) is -0.479. The molecule has 31 heavy (non-hydrogen) atoms. The van der Waals surface area contributed by atoms with Crippen LogP contribution in [0.2, 0.25) is 0 Å². The number of nitrogens with one attached hydrogen (secondary N) is 1. The van der Waals surface area contributed by atoms with E-state index in [1.54, 1.807) is 0 Å². The molecular formula is C25H28N2O4. The Morgan fingerprint density at radius 3 is 2.58 bits per heavy atom. The number of benzene rings is 2. The second-order valence-electron chi connectivity index (χ2n) is 7.82. The second kappa shape index (κ2) is 9.35. The Morgan fingerprint density at radius 2 is 1.84 bits per heavy atom. The first-order chi connectivity index (χ1) is 15.1. The van der Waals surface area contributed by atoms with Crippen LogP contribution >= 0.6 is 0 Å². The molecule has 0 spiro atoms. The van der Waals surface area contributed by atoms with Crippen molar-refractivity contribution in [3.8, 4) is 0 Å². The van der Waals surface area contributed by atoms with E-state index in [0.717, 1.165) is 27.7 Å². The summed E-state index contributed by atoms with van der Waals surface area (Å²) in [5.41, 5.74) is 4.36. The summed E-state index contributed by atoms with van der Waals surface area (Å²) in [6.07, 6.45) is 1.39. The molecule has 6 nitrogen and oxygen atoms in total. The Kier molecular flexibility index (Phi) is 6.37. The van der Waals surface area contributed by atoms with Gasteiger partial charge in [0.2, 0.25) is 0 Å². The Labute approximate surface area is 182 Å². The maximum absolute atomic E-state index is 13.0. The minimum Gasteiger partial charge on any atom is -0.469 e. The molecule has 1 N–H and O–H groups in total. The standard InChI is InChI=1S/C25H28N2O4/c1-3-31-25(29)22-15-19-18-11-7-8-12-20(18)26-24(19)21(13-14-23(28)30-2)27(22)16-17-9-5-4-6-10-17/h4-12,21-22,26H,3,13-16H2,1-2H3/t21-,22-/m1/s1. The topological polar surface area (TPSA) is 71.6 Å². The molecule has 4 rings (SSSR count). The fraction of sp³-hybridized carbons (Fsp3) is 0.360. The summed E-state index contributed by atoms with van der Waals surface area (Å²) in [4.78, 5) is 30.8. The van der Waals surface area contributed by atoms with Crippen molar-refractivity contribution < 1.29 is 19.1 Å². The van der Waals surface area contributed by atoms with Crippen molar-refractivity contribution in [1.82, 2.24) is 9.88 Å². The Hall–Kier alpha value is -3.12. The van der Waals surface area contributed by atoms with Gasteiger partial charge in [-0.25, -0.2) is 0 Å². The fourth-order valence-corrected chi connectivity index (χ4v) is 4.56. The van der Waals surface area contributed by atoms with Crippen molar-refractivity contribution in [3.05, 3.63) is 71.4 Å². The number of aromatic nitrogens is 1. The molecule has 0 unspecified atom stereocenters. The smallest absolute Gasteiger partial charge is 0.323 e. The Morgan fingerprint density at radius 1 is 1.10 bits per heavy atom. The van der Waals surface area contributed by atoms with Gasteiger partial charge >= 0.3 is 11.9 Å². The van der Waals surface area contributed by atoms with Gasteiger partial charge in [-0.2, -0.15) is 0 Å². The molecule has 0 amide bonds. The van der Waals surface area contributed by atoms with Crippen LogP contribution in [0.3, 0.4) is 0 Å². The van der Waals surface area contributed by atoms with E-state index in [0.29, 0.717) is 26.0 Å². The summed E-state index contributed by atoms with van der Waals surface area (Å²) >= 11 is 0. The Balaban J connectivity index is 1.79. The first-order valence-corrected chi connectivity index (χ1v) is 10.7. The molecule has 0 aliphatic carbocycles. The molecule has 0 saturated carbocycles. The maximum Gasteiger partial charge on any atom is 0.323 e. The van der Waals surface area contributed by atoms with E-state index >= 15 is 0 Å². The van der Waals surface area contributed by atoms with Gasteiger partial charge in [-0.05, 0) is 30.5 Å². The van der Waals surface area contributed by atoms with Gasteiger partial charge in [-0.3, -0.25) is 14.5 Å². The maximum atomic E-state index is 13.0. The summed E-state index contributed by atoms with van der Waals surface area (Å²) in [6, 6.07) is 17.7. The lowest BCUT2D eigenvalue weighted by atomic mass is 9.89. The average molecular weight is 421 g/mol. The normalized spacial score (nSPS) is 18.5. The molecule has 162 valence electrons. The second-order valence-corrected chi connectivity index (χ2v) is 7.82.